The lowest BCUT2D eigenvalue weighted by molar-refractivity contribution is 0.276. The number of halogens is 1. The Labute approximate surface area is 130 Å². The van der Waals surface area contributed by atoms with Crippen molar-refractivity contribution in [2.45, 2.75) is 52.2 Å². The Kier molecular flexibility index (Phi) is 5.56. The van der Waals surface area contributed by atoms with E-state index >= 15 is 0 Å². The predicted octanol–water partition coefficient (Wildman–Crippen LogP) is 2.92. The van der Waals surface area contributed by atoms with Crippen LogP contribution in [0.15, 0.2) is 12.3 Å². The van der Waals surface area contributed by atoms with Crippen LogP contribution in [0.1, 0.15) is 45.2 Å². The third kappa shape index (κ3) is 3.93. The van der Waals surface area contributed by atoms with E-state index in [1.54, 1.807) is 0 Å². The molecule has 1 atom stereocenters. The summed E-state index contributed by atoms with van der Waals surface area (Å²) in [6, 6.07) is 2.64. The topological polar surface area (TPSA) is 63.0 Å². The average molecular weight is 311 g/mol. The van der Waals surface area contributed by atoms with Crippen molar-refractivity contribution in [1.82, 2.24) is 20.1 Å². The maximum Gasteiger partial charge on any atom is 0.159 e. The molecule has 0 spiro atoms. The van der Waals surface area contributed by atoms with Gasteiger partial charge in [0.25, 0.3) is 0 Å². The van der Waals surface area contributed by atoms with E-state index in [4.69, 9.17) is 16.7 Å². The van der Waals surface area contributed by atoms with Crippen LogP contribution in [-0.2, 0) is 6.54 Å². The molecule has 21 heavy (non-hydrogen) atoms. The Morgan fingerprint density at radius 3 is 2.81 bits per heavy atom. The summed E-state index contributed by atoms with van der Waals surface area (Å²) < 4.78 is 1.88. The monoisotopic (exact) mass is 310 g/mol. The molecular weight excluding hydrogens is 288 g/mol. The van der Waals surface area contributed by atoms with Gasteiger partial charge in [0.1, 0.15) is 5.15 Å². The number of fused-ring (bicyclic) bond motifs is 1. The number of nitrogens with zero attached hydrogens (tertiary/aromatic N) is 3. The van der Waals surface area contributed by atoms with E-state index in [1.165, 1.54) is 0 Å². The summed E-state index contributed by atoms with van der Waals surface area (Å²) in [6.07, 6.45) is 3.58. The van der Waals surface area contributed by atoms with Crippen molar-refractivity contribution in [1.29, 1.82) is 0 Å². The summed E-state index contributed by atoms with van der Waals surface area (Å²) in [5.41, 5.74) is 1.80. The van der Waals surface area contributed by atoms with Crippen molar-refractivity contribution >= 4 is 22.6 Å². The van der Waals surface area contributed by atoms with E-state index in [2.05, 4.69) is 36.2 Å². The zero-order valence-electron chi connectivity index (χ0n) is 12.8. The Hall–Kier alpha value is -1.17. The Morgan fingerprint density at radius 1 is 1.38 bits per heavy atom. The fourth-order valence-electron chi connectivity index (χ4n) is 2.28. The second-order valence-electron chi connectivity index (χ2n) is 5.68. The van der Waals surface area contributed by atoms with Crippen LogP contribution >= 0.6 is 11.6 Å². The van der Waals surface area contributed by atoms with E-state index in [9.17, 15) is 0 Å². The average Bonchev–Trinajstić information content (AvgIpc) is 2.85. The number of aliphatic hydroxyl groups is 1. The third-order valence-electron chi connectivity index (χ3n) is 3.52. The Balaban J connectivity index is 2.12. The minimum Gasteiger partial charge on any atom is -0.396 e. The van der Waals surface area contributed by atoms with Crippen molar-refractivity contribution in [2.75, 3.05) is 6.61 Å². The molecule has 0 aliphatic carbocycles. The predicted molar refractivity (Wildman–Crippen MR) is 85.5 cm³/mol. The molecule has 0 bridgehead atoms. The van der Waals surface area contributed by atoms with Gasteiger partial charge in [0.2, 0.25) is 0 Å². The first-order valence-electron chi connectivity index (χ1n) is 7.39. The van der Waals surface area contributed by atoms with Crippen molar-refractivity contribution in [3.63, 3.8) is 0 Å². The van der Waals surface area contributed by atoms with Gasteiger partial charge in [0, 0.05) is 36.2 Å². The van der Waals surface area contributed by atoms with Gasteiger partial charge in [0.05, 0.1) is 6.20 Å². The number of pyridine rings is 1. The second-order valence-corrected chi connectivity index (χ2v) is 6.04. The summed E-state index contributed by atoms with van der Waals surface area (Å²) in [6.45, 7) is 7.14. The number of hydrogen-bond donors (Lipinski definition) is 2. The molecule has 2 heterocycles. The lowest BCUT2D eigenvalue weighted by Crippen LogP contribution is -2.25. The van der Waals surface area contributed by atoms with Crippen LogP contribution in [-0.4, -0.2) is 32.5 Å². The van der Waals surface area contributed by atoms with Gasteiger partial charge < -0.3 is 10.4 Å². The molecule has 0 aliphatic heterocycles. The lowest BCUT2D eigenvalue weighted by atomic mass is 10.1. The van der Waals surface area contributed by atoms with E-state index < -0.39 is 0 Å². The number of hydrogen-bond acceptors (Lipinski definition) is 4. The summed E-state index contributed by atoms with van der Waals surface area (Å²) in [5, 5.41) is 18.1. The van der Waals surface area contributed by atoms with Crippen LogP contribution in [0.5, 0.6) is 0 Å². The molecule has 0 amide bonds. The zero-order chi connectivity index (χ0) is 15.4. The molecule has 1 unspecified atom stereocenters. The van der Waals surface area contributed by atoms with Gasteiger partial charge in [0.15, 0.2) is 5.65 Å². The highest BCUT2D eigenvalue weighted by Gasteiger charge is 2.12. The molecule has 0 radical (unpaired) electrons. The molecule has 0 aromatic carbocycles. The number of rotatable bonds is 7. The summed E-state index contributed by atoms with van der Waals surface area (Å²) in [7, 11) is 0. The number of nitrogens with one attached hydrogen (secondary N) is 1. The number of aromatic nitrogens is 3. The van der Waals surface area contributed by atoms with Crippen LogP contribution in [0.4, 0.5) is 0 Å². The normalized spacial score (nSPS) is 13.2. The van der Waals surface area contributed by atoms with Crippen molar-refractivity contribution in [2.24, 2.45) is 0 Å². The first-order chi connectivity index (χ1) is 10.0. The zero-order valence-corrected chi connectivity index (χ0v) is 13.6. The van der Waals surface area contributed by atoms with Gasteiger partial charge >= 0.3 is 0 Å². The van der Waals surface area contributed by atoms with Crippen molar-refractivity contribution in [3.8, 4) is 0 Å². The smallest absolute Gasteiger partial charge is 0.159 e. The molecule has 2 aromatic rings. The Bertz CT molecular complexity index is 597. The Morgan fingerprint density at radius 2 is 2.14 bits per heavy atom. The first kappa shape index (κ1) is 16.2. The van der Waals surface area contributed by atoms with Crippen molar-refractivity contribution < 1.29 is 5.11 Å². The summed E-state index contributed by atoms with van der Waals surface area (Å²) in [4.78, 5) is 4.48. The largest absolute Gasteiger partial charge is 0.396 e. The lowest BCUT2D eigenvalue weighted by Gasteiger charge is -2.14. The maximum atomic E-state index is 8.84. The number of aliphatic hydroxyl groups excluding tert-OH is 1. The van der Waals surface area contributed by atoms with Crippen LogP contribution in [0.25, 0.3) is 11.0 Å². The van der Waals surface area contributed by atoms with Crippen LogP contribution in [0, 0.1) is 0 Å². The fourth-order valence-corrected chi connectivity index (χ4v) is 2.49. The van der Waals surface area contributed by atoms with E-state index in [1.807, 2.05) is 16.9 Å². The molecule has 2 N–H and O–H groups in total. The minimum atomic E-state index is 0.231. The standard InChI is InChI=1S/C15H23ClN4O/c1-10(2)20-15-13(9-18-20)7-12(14(16)19-15)8-17-11(3)5-4-6-21/h7,9-11,17,21H,4-6,8H2,1-3H3. The SMILES string of the molecule is CC(CCCO)NCc1cc2cnn(C(C)C)c2nc1Cl. The van der Waals surface area contributed by atoms with Gasteiger partial charge in [-0.15, -0.1) is 0 Å². The van der Waals surface area contributed by atoms with Gasteiger partial charge in [-0.2, -0.15) is 5.10 Å². The van der Waals surface area contributed by atoms with Crippen LogP contribution < -0.4 is 5.32 Å². The molecular formula is C15H23ClN4O. The third-order valence-corrected chi connectivity index (χ3v) is 3.85. The van der Waals surface area contributed by atoms with E-state index in [0.29, 0.717) is 17.7 Å². The minimum absolute atomic E-state index is 0.231. The molecule has 2 aromatic heterocycles. The van der Waals surface area contributed by atoms with E-state index in [-0.39, 0.29) is 12.6 Å². The maximum absolute atomic E-state index is 8.84. The highest BCUT2D eigenvalue weighted by atomic mass is 35.5. The quantitative estimate of drug-likeness (QED) is 0.772. The van der Waals surface area contributed by atoms with Crippen molar-refractivity contribution in [3.05, 3.63) is 23.0 Å². The second kappa shape index (κ2) is 7.20. The molecule has 0 saturated heterocycles. The molecule has 0 aliphatic rings. The fraction of sp³-hybridized carbons (Fsp3) is 0.600. The summed E-state index contributed by atoms with van der Waals surface area (Å²) >= 11 is 6.29. The molecule has 2 rings (SSSR count). The van der Waals surface area contributed by atoms with Gasteiger partial charge in [-0.1, -0.05) is 11.6 Å². The molecule has 0 fully saturated rings. The molecule has 0 saturated carbocycles. The van der Waals surface area contributed by atoms with Crippen LogP contribution in [0.2, 0.25) is 5.15 Å². The van der Waals surface area contributed by atoms with E-state index in [0.717, 1.165) is 29.4 Å². The highest BCUT2D eigenvalue weighted by molar-refractivity contribution is 6.30. The molecule has 6 heteroatoms. The first-order valence-corrected chi connectivity index (χ1v) is 7.77. The van der Waals surface area contributed by atoms with Gasteiger partial charge in [-0.25, -0.2) is 9.67 Å². The highest BCUT2D eigenvalue weighted by Crippen LogP contribution is 2.22. The van der Waals surface area contributed by atoms with Crippen LogP contribution in [0.3, 0.4) is 0 Å². The molecule has 5 nitrogen and oxygen atoms in total. The molecule has 116 valence electrons. The van der Waals surface area contributed by atoms with Gasteiger partial charge in [-0.05, 0) is 39.7 Å². The van der Waals surface area contributed by atoms with Gasteiger partial charge in [-0.3, -0.25) is 0 Å². The summed E-state index contributed by atoms with van der Waals surface area (Å²) in [5.74, 6) is 0.